The van der Waals surface area contributed by atoms with Crippen LogP contribution in [0, 0.1) is 5.82 Å². The van der Waals surface area contributed by atoms with Gasteiger partial charge in [-0.25, -0.2) is 4.39 Å². The van der Waals surface area contributed by atoms with Crippen LogP contribution in [0.2, 0.25) is 0 Å². The molecule has 1 amide bonds. The molecular weight excluding hydrogens is 393 g/mol. The highest BCUT2D eigenvalue weighted by Gasteiger charge is 2.28. The molecule has 1 aliphatic heterocycles. The van der Waals surface area contributed by atoms with Crippen molar-refractivity contribution in [2.45, 2.75) is 25.2 Å². The van der Waals surface area contributed by atoms with Crippen LogP contribution in [0.5, 0.6) is 0 Å². The van der Waals surface area contributed by atoms with E-state index in [2.05, 4.69) is 34.4 Å². The molecular formula is C25H22FN3O2. The van der Waals surface area contributed by atoms with Crippen LogP contribution < -0.4 is 0 Å². The number of amides is 1. The van der Waals surface area contributed by atoms with Crippen molar-refractivity contribution < 1.29 is 13.7 Å². The van der Waals surface area contributed by atoms with Gasteiger partial charge in [0.1, 0.15) is 5.82 Å². The second-order valence-electron chi connectivity index (χ2n) is 8.00. The van der Waals surface area contributed by atoms with Crippen LogP contribution in [0.15, 0.2) is 71.3 Å². The van der Waals surface area contributed by atoms with Crippen molar-refractivity contribution in [3.8, 4) is 11.4 Å². The normalized spacial score (nSPS) is 16.5. The van der Waals surface area contributed by atoms with Gasteiger partial charge in [0, 0.05) is 18.7 Å². The predicted molar refractivity (Wildman–Crippen MR) is 116 cm³/mol. The Morgan fingerprint density at radius 3 is 2.81 bits per heavy atom. The van der Waals surface area contributed by atoms with Crippen molar-refractivity contribution in [2.75, 3.05) is 13.1 Å². The highest BCUT2D eigenvalue weighted by molar-refractivity contribution is 5.85. The number of rotatable bonds is 4. The molecule has 0 radical (unpaired) electrons. The number of hydrogen-bond donors (Lipinski definition) is 0. The summed E-state index contributed by atoms with van der Waals surface area (Å²) in [6, 6.07) is 20.4. The van der Waals surface area contributed by atoms with Gasteiger partial charge in [-0.15, -0.1) is 0 Å². The number of likely N-dealkylation sites (tertiary alicyclic amines) is 1. The number of piperidine rings is 1. The van der Waals surface area contributed by atoms with Crippen LogP contribution in [-0.4, -0.2) is 34.0 Å². The zero-order valence-electron chi connectivity index (χ0n) is 17.0. The minimum absolute atomic E-state index is 0.0101. The van der Waals surface area contributed by atoms with E-state index < -0.39 is 0 Å². The molecule has 1 fully saturated rings. The molecule has 0 saturated carbocycles. The summed E-state index contributed by atoms with van der Waals surface area (Å²) in [6.45, 7) is 1.28. The van der Waals surface area contributed by atoms with E-state index in [0.717, 1.165) is 30.3 Å². The van der Waals surface area contributed by atoms with E-state index in [1.807, 2.05) is 23.1 Å². The lowest BCUT2D eigenvalue weighted by molar-refractivity contribution is -0.131. The van der Waals surface area contributed by atoms with Gasteiger partial charge in [-0.2, -0.15) is 4.98 Å². The summed E-state index contributed by atoms with van der Waals surface area (Å²) in [5.41, 5.74) is 1.59. The van der Waals surface area contributed by atoms with Gasteiger partial charge < -0.3 is 9.42 Å². The molecule has 0 N–H and O–H groups in total. The number of hydrogen-bond acceptors (Lipinski definition) is 4. The Morgan fingerprint density at radius 1 is 1.06 bits per heavy atom. The Labute approximate surface area is 179 Å². The van der Waals surface area contributed by atoms with E-state index in [4.69, 9.17) is 4.52 Å². The van der Waals surface area contributed by atoms with Gasteiger partial charge in [0.2, 0.25) is 17.6 Å². The molecule has 156 valence electrons. The molecule has 1 saturated heterocycles. The fourth-order valence-electron chi connectivity index (χ4n) is 4.19. The molecule has 3 aromatic carbocycles. The SMILES string of the molecule is O=C(Cc1ccc2ccccc2c1)N1CCCC(c2nc(-c3cccc(F)c3)no2)C1. The minimum atomic E-state index is -0.341. The second kappa shape index (κ2) is 8.30. The summed E-state index contributed by atoms with van der Waals surface area (Å²) in [6.07, 6.45) is 2.13. The Balaban J connectivity index is 1.28. The zero-order chi connectivity index (χ0) is 21.2. The first-order valence-corrected chi connectivity index (χ1v) is 10.5. The summed E-state index contributed by atoms with van der Waals surface area (Å²) in [5.74, 6) is 0.623. The van der Waals surface area contributed by atoms with Crippen molar-refractivity contribution in [1.29, 1.82) is 0 Å². The van der Waals surface area contributed by atoms with Crippen LogP contribution in [0.4, 0.5) is 4.39 Å². The smallest absolute Gasteiger partial charge is 0.231 e. The van der Waals surface area contributed by atoms with Crippen LogP contribution in [-0.2, 0) is 11.2 Å². The number of nitrogens with zero attached hydrogens (tertiary/aromatic N) is 3. The molecule has 1 atom stereocenters. The van der Waals surface area contributed by atoms with Gasteiger partial charge in [0.15, 0.2) is 0 Å². The van der Waals surface area contributed by atoms with Crippen LogP contribution >= 0.6 is 0 Å². The topological polar surface area (TPSA) is 59.2 Å². The third-order valence-electron chi connectivity index (χ3n) is 5.82. The molecule has 1 aliphatic rings. The molecule has 4 aromatic rings. The minimum Gasteiger partial charge on any atom is -0.342 e. The maximum absolute atomic E-state index is 13.5. The summed E-state index contributed by atoms with van der Waals surface area (Å²) >= 11 is 0. The van der Waals surface area contributed by atoms with Crippen molar-refractivity contribution >= 4 is 16.7 Å². The lowest BCUT2D eigenvalue weighted by Crippen LogP contribution is -2.40. The summed E-state index contributed by atoms with van der Waals surface area (Å²) in [4.78, 5) is 19.3. The van der Waals surface area contributed by atoms with Gasteiger partial charge in [-0.1, -0.05) is 59.8 Å². The molecule has 1 unspecified atom stereocenters. The summed E-state index contributed by atoms with van der Waals surface area (Å²) < 4.78 is 19.0. The molecule has 0 spiro atoms. The van der Waals surface area contributed by atoms with Gasteiger partial charge in [0.25, 0.3) is 0 Å². The van der Waals surface area contributed by atoms with Gasteiger partial charge in [-0.3, -0.25) is 4.79 Å². The fraction of sp³-hybridized carbons (Fsp3) is 0.240. The fourth-order valence-corrected chi connectivity index (χ4v) is 4.19. The Hall–Kier alpha value is -3.54. The van der Waals surface area contributed by atoms with E-state index >= 15 is 0 Å². The Bertz CT molecular complexity index is 1240. The standard InChI is InChI=1S/C25H22FN3O2/c26-22-9-3-7-20(15-22)24-27-25(31-28-24)21-8-4-12-29(16-21)23(30)14-17-10-11-18-5-1-2-6-19(18)13-17/h1-3,5-7,9-11,13,15,21H,4,8,12,14,16H2. The van der Waals surface area contributed by atoms with E-state index in [1.165, 1.54) is 17.5 Å². The highest BCUT2D eigenvalue weighted by atomic mass is 19.1. The average Bonchev–Trinajstić information content (AvgIpc) is 3.30. The van der Waals surface area contributed by atoms with E-state index in [0.29, 0.717) is 30.2 Å². The molecule has 5 rings (SSSR count). The molecule has 2 heterocycles. The summed E-state index contributed by atoms with van der Waals surface area (Å²) in [5, 5.41) is 6.32. The molecule has 5 nitrogen and oxygen atoms in total. The monoisotopic (exact) mass is 415 g/mol. The van der Waals surface area contributed by atoms with Crippen molar-refractivity contribution in [1.82, 2.24) is 15.0 Å². The largest absolute Gasteiger partial charge is 0.342 e. The highest BCUT2D eigenvalue weighted by Crippen LogP contribution is 2.28. The molecule has 1 aromatic heterocycles. The third kappa shape index (κ3) is 4.19. The number of benzene rings is 3. The van der Waals surface area contributed by atoms with E-state index in [-0.39, 0.29) is 17.6 Å². The third-order valence-corrected chi connectivity index (χ3v) is 5.82. The van der Waals surface area contributed by atoms with E-state index in [9.17, 15) is 9.18 Å². The number of fused-ring (bicyclic) bond motifs is 1. The molecule has 0 aliphatic carbocycles. The molecule has 0 bridgehead atoms. The number of halogens is 1. The number of aromatic nitrogens is 2. The average molecular weight is 415 g/mol. The summed E-state index contributed by atoms with van der Waals surface area (Å²) in [7, 11) is 0. The lowest BCUT2D eigenvalue weighted by atomic mass is 9.97. The zero-order valence-corrected chi connectivity index (χ0v) is 17.0. The molecule has 31 heavy (non-hydrogen) atoms. The van der Waals surface area contributed by atoms with Crippen LogP contribution in [0.1, 0.15) is 30.2 Å². The van der Waals surface area contributed by atoms with Crippen molar-refractivity contribution in [3.63, 3.8) is 0 Å². The first kappa shape index (κ1) is 19.4. The van der Waals surface area contributed by atoms with Crippen molar-refractivity contribution in [2.24, 2.45) is 0 Å². The number of carbonyl (C=O) groups is 1. The Kier molecular flexibility index (Phi) is 5.20. The predicted octanol–water partition coefficient (Wildman–Crippen LogP) is 4.98. The van der Waals surface area contributed by atoms with Crippen LogP contribution in [0.3, 0.4) is 0 Å². The maximum Gasteiger partial charge on any atom is 0.231 e. The first-order valence-electron chi connectivity index (χ1n) is 10.5. The maximum atomic E-state index is 13.5. The van der Waals surface area contributed by atoms with E-state index in [1.54, 1.807) is 12.1 Å². The number of carbonyl (C=O) groups excluding carboxylic acids is 1. The van der Waals surface area contributed by atoms with Gasteiger partial charge in [-0.05, 0) is 41.3 Å². The Morgan fingerprint density at radius 2 is 1.94 bits per heavy atom. The lowest BCUT2D eigenvalue weighted by Gasteiger charge is -2.31. The quantitative estimate of drug-likeness (QED) is 0.472. The van der Waals surface area contributed by atoms with Gasteiger partial charge in [0.05, 0.1) is 12.3 Å². The van der Waals surface area contributed by atoms with Crippen molar-refractivity contribution in [3.05, 3.63) is 84.0 Å². The van der Waals surface area contributed by atoms with Gasteiger partial charge >= 0.3 is 0 Å². The van der Waals surface area contributed by atoms with Crippen LogP contribution in [0.25, 0.3) is 22.2 Å². The molecule has 6 heteroatoms. The first-order chi connectivity index (χ1) is 15.2. The second-order valence-corrected chi connectivity index (χ2v) is 8.00.